The molecule has 0 radical (unpaired) electrons. The fourth-order valence-electron chi connectivity index (χ4n) is 3.34. The molecular formula is C21H18O5. The van der Waals surface area contributed by atoms with E-state index in [9.17, 15) is 15.0 Å². The number of carbonyl (C=O) groups is 1. The molecule has 5 nitrogen and oxygen atoms in total. The Balaban J connectivity index is 2.48. The van der Waals surface area contributed by atoms with Crippen LogP contribution in [0.2, 0.25) is 0 Å². The summed E-state index contributed by atoms with van der Waals surface area (Å²) in [4.78, 5) is 11.6. The van der Waals surface area contributed by atoms with Gasteiger partial charge in [0.25, 0.3) is 0 Å². The van der Waals surface area contributed by atoms with Crippen molar-refractivity contribution >= 4 is 6.29 Å². The van der Waals surface area contributed by atoms with Crippen molar-refractivity contribution in [2.24, 2.45) is 0 Å². The summed E-state index contributed by atoms with van der Waals surface area (Å²) in [5.41, 5.74) is 0.740. The highest BCUT2D eigenvalue weighted by Crippen LogP contribution is 2.54. The molecule has 0 amide bonds. The molecule has 0 unspecified atom stereocenters. The molecule has 0 atom stereocenters. The van der Waals surface area contributed by atoms with Gasteiger partial charge in [0.05, 0.1) is 0 Å². The number of phenols is 2. The molecule has 132 valence electrons. The molecule has 2 aromatic carbocycles. The van der Waals surface area contributed by atoms with Crippen LogP contribution in [0.5, 0.6) is 23.0 Å². The maximum absolute atomic E-state index is 11.6. The summed E-state index contributed by atoms with van der Waals surface area (Å²) in [5.74, 6) is 0.721. The molecule has 0 aromatic heterocycles. The van der Waals surface area contributed by atoms with E-state index in [0.29, 0.717) is 40.1 Å². The second-order valence-electron chi connectivity index (χ2n) is 5.74. The average Bonchev–Trinajstić information content (AvgIpc) is 2.64. The Morgan fingerprint density at radius 1 is 1.04 bits per heavy atom. The summed E-state index contributed by atoms with van der Waals surface area (Å²) in [6.45, 7) is 7.54. The first-order valence-electron chi connectivity index (χ1n) is 7.86. The Bertz CT molecular complexity index is 878. The SMILES string of the molecule is C=C/C(C=O)=C(\C=C)C1(OC)c2ccc(O)cc2Oc2cc(O)ccc21. The normalized spacial score (nSPS) is 15.0. The molecule has 3 rings (SSSR count). The van der Waals surface area contributed by atoms with E-state index in [1.54, 1.807) is 12.1 Å². The topological polar surface area (TPSA) is 76.0 Å². The minimum absolute atomic E-state index is 0.0146. The van der Waals surface area contributed by atoms with E-state index in [1.807, 2.05) is 0 Å². The van der Waals surface area contributed by atoms with Crippen LogP contribution < -0.4 is 4.74 Å². The predicted octanol–water partition coefficient (Wildman–Crippen LogP) is 3.96. The molecule has 1 aliphatic rings. The molecule has 0 bridgehead atoms. The number of rotatable bonds is 5. The van der Waals surface area contributed by atoms with Crippen molar-refractivity contribution in [2.75, 3.05) is 7.11 Å². The zero-order valence-electron chi connectivity index (χ0n) is 14.2. The summed E-state index contributed by atoms with van der Waals surface area (Å²) in [6, 6.07) is 9.25. The lowest BCUT2D eigenvalue weighted by molar-refractivity contribution is -0.104. The number of aromatic hydroxyl groups is 2. The van der Waals surface area contributed by atoms with Crippen molar-refractivity contribution in [3.05, 3.63) is 84.0 Å². The lowest BCUT2D eigenvalue weighted by Crippen LogP contribution is -2.36. The van der Waals surface area contributed by atoms with E-state index in [0.717, 1.165) is 0 Å². The highest BCUT2D eigenvalue weighted by Gasteiger charge is 2.46. The number of hydrogen-bond acceptors (Lipinski definition) is 5. The van der Waals surface area contributed by atoms with E-state index in [-0.39, 0.29) is 11.5 Å². The van der Waals surface area contributed by atoms with Crippen LogP contribution in [0.3, 0.4) is 0 Å². The summed E-state index contributed by atoms with van der Waals surface area (Å²) >= 11 is 0. The third kappa shape index (κ3) is 2.41. The van der Waals surface area contributed by atoms with Crippen LogP contribution in [0.25, 0.3) is 0 Å². The van der Waals surface area contributed by atoms with E-state index < -0.39 is 5.60 Å². The standard InChI is InChI=1S/C21H18O5/c1-4-13(12-22)16(5-2)21(25-3)17-8-6-14(23)10-19(17)26-20-11-15(24)7-9-18(20)21/h4-12,23-24H,1-2H2,3H3/b16-13-. The zero-order chi connectivity index (χ0) is 18.9. The molecular weight excluding hydrogens is 332 g/mol. The lowest BCUT2D eigenvalue weighted by Gasteiger charge is -2.40. The molecule has 26 heavy (non-hydrogen) atoms. The molecule has 2 N–H and O–H groups in total. The van der Waals surface area contributed by atoms with Crippen molar-refractivity contribution < 1.29 is 24.5 Å². The molecule has 0 aliphatic carbocycles. The minimum Gasteiger partial charge on any atom is -0.508 e. The molecule has 0 fully saturated rings. The van der Waals surface area contributed by atoms with Gasteiger partial charge in [0, 0.05) is 41.5 Å². The summed E-state index contributed by atoms with van der Waals surface area (Å²) < 4.78 is 11.8. The summed E-state index contributed by atoms with van der Waals surface area (Å²) in [7, 11) is 1.51. The number of fused-ring (bicyclic) bond motifs is 2. The zero-order valence-corrected chi connectivity index (χ0v) is 14.2. The highest BCUT2D eigenvalue weighted by molar-refractivity contribution is 5.82. The van der Waals surface area contributed by atoms with Gasteiger partial charge in [0.1, 0.15) is 29.3 Å². The second-order valence-corrected chi connectivity index (χ2v) is 5.74. The predicted molar refractivity (Wildman–Crippen MR) is 97.6 cm³/mol. The first-order chi connectivity index (χ1) is 12.5. The first-order valence-corrected chi connectivity index (χ1v) is 7.86. The van der Waals surface area contributed by atoms with Gasteiger partial charge < -0.3 is 19.7 Å². The van der Waals surface area contributed by atoms with Crippen LogP contribution in [0.15, 0.2) is 72.9 Å². The molecule has 0 saturated carbocycles. The van der Waals surface area contributed by atoms with Gasteiger partial charge in [-0.15, -0.1) is 0 Å². The molecule has 5 heteroatoms. The number of aldehydes is 1. The average molecular weight is 350 g/mol. The van der Waals surface area contributed by atoms with Crippen LogP contribution in [0.1, 0.15) is 11.1 Å². The van der Waals surface area contributed by atoms with Crippen molar-refractivity contribution in [3.8, 4) is 23.0 Å². The minimum atomic E-state index is -1.23. The smallest absolute Gasteiger partial charge is 0.151 e. The van der Waals surface area contributed by atoms with Gasteiger partial charge in [-0.25, -0.2) is 0 Å². The van der Waals surface area contributed by atoms with Gasteiger partial charge in [-0.2, -0.15) is 0 Å². The van der Waals surface area contributed by atoms with Crippen LogP contribution in [0.4, 0.5) is 0 Å². The van der Waals surface area contributed by atoms with E-state index in [2.05, 4.69) is 13.2 Å². The van der Waals surface area contributed by atoms with Crippen LogP contribution in [0, 0.1) is 0 Å². The second kappa shape index (κ2) is 6.54. The molecule has 2 aromatic rings. The first kappa shape index (κ1) is 17.5. The summed E-state index contributed by atoms with van der Waals surface area (Å²) in [5, 5.41) is 19.7. The number of phenolic OH excluding ortho intramolecular Hbond substituents is 2. The Morgan fingerprint density at radius 2 is 1.58 bits per heavy atom. The molecule has 0 saturated heterocycles. The molecule has 1 aliphatic heterocycles. The van der Waals surface area contributed by atoms with Crippen molar-refractivity contribution in [3.63, 3.8) is 0 Å². The van der Waals surface area contributed by atoms with E-state index in [4.69, 9.17) is 9.47 Å². The third-order valence-electron chi connectivity index (χ3n) is 4.46. The number of allylic oxidation sites excluding steroid dienone is 2. The third-order valence-corrected chi connectivity index (χ3v) is 4.46. The lowest BCUT2D eigenvalue weighted by atomic mass is 9.75. The van der Waals surface area contributed by atoms with Crippen molar-refractivity contribution in [1.29, 1.82) is 0 Å². The van der Waals surface area contributed by atoms with Gasteiger partial charge in [-0.05, 0) is 24.3 Å². The van der Waals surface area contributed by atoms with Gasteiger partial charge in [0.15, 0.2) is 5.60 Å². The molecule has 1 heterocycles. The van der Waals surface area contributed by atoms with Crippen LogP contribution in [-0.4, -0.2) is 23.6 Å². The highest BCUT2D eigenvalue weighted by atomic mass is 16.5. The summed E-state index contributed by atoms with van der Waals surface area (Å²) in [6.07, 6.45) is 3.65. The van der Waals surface area contributed by atoms with E-state index >= 15 is 0 Å². The number of carbonyl (C=O) groups excluding carboxylic acids is 1. The Morgan fingerprint density at radius 3 is 1.96 bits per heavy atom. The van der Waals surface area contributed by atoms with Gasteiger partial charge in [-0.3, -0.25) is 4.79 Å². The van der Waals surface area contributed by atoms with Gasteiger partial charge >= 0.3 is 0 Å². The maximum Gasteiger partial charge on any atom is 0.151 e. The Labute approximate surface area is 151 Å². The number of benzene rings is 2. The monoisotopic (exact) mass is 350 g/mol. The maximum atomic E-state index is 11.6. The van der Waals surface area contributed by atoms with Crippen LogP contribution in [-0.2, 0) is 15.1 Å². The van der Waals surface area contributed by atoms with Gasteiger partial charge in [0.2, 0.25) is 0 Å². The Kier molecular flexibility index (Phi) is 4.40. The number of methoxy groups -OCH3 is 1. The largest absolute Gasteiger partial charge is 0.508 e. The number of hydrogen-bond donors (Lipinski definition) is 2. The fourth-order valence-corrected chi connectivity index (χ4v) is 3.34. The fraction of sp³-hybridized carbons (Fsp3) is 0.0952. The van der Waals surface area contributed by atoms with Crippen molar-refractivity contribution in [1.82, 2.24) is 0 Å². The Hall–Kier alpha value is -3.31. The van der Waals surface area contributed by atoms with Gasteiger partial charge in [-0.1, -0.05) is 25.3 Å². The number of ether oxygens (including phenoxy) is 2. The van der Waals surface area contributed by atoms with E-state index in [1.165, 1.54) is 43.5 Å². The van der Waals surface area contributed by atoms with Crippen molar-refractivity contribution in [2.45, 2.75) is 5.60 Å². The quantitative estimate of drug-likeness (QED) is 0.485. The van der Waals surface area contributed by atoms with Crippen LogP contribution >= 0.6 is 0 Å². The molecule has 0 spiro atoms.